The third kappa shape index (κ3) is 3.77. The first-order chi connectivity index (χ1) is 11.2. The van der Waals surface area contributed by atoms with Gasteiger partial charge < -0.3 is 14.5 Å². The summed E-state index contributed by atoms with van der Waals surface area (Å²) in [6, 6.07) is 16.7. The molecule has 0 spiro atoms. The molecule has 0 atom stereocenters. The molecule has 0 saturated heterocycles. The van der Waals surface area contributed by atoms with E-state index in [0.717, 1.165) is 11.3 Å². The molecule has 0 aliphatic rings. The summed E-state index contributed by atoms with van der Waals surface area (Å²) in [5.41, 5.74) is 2.19. The summed E-state index contributed by atoms with van der Waals surface area (Å²) < 4.78 is 10.5. The summed E-state index contributed by atoms with van der Waals surface area (Å²) in [5.74, 6) is 1.10. The minimum atomic E-state index is -0.150. The van der Waals surface area contributed by atoms with E-state index in [1.807, 2.05) is 30.3 Å². The molecule has 0 aliphatic carbocycles. The van der Waals surface area contributed by atoms with Gasteiger partial charge in [0.05, 0.1) is 19.2 Å². The van der Waals surface area contributed by atoms with E-state index in [0.29, 0.717) is 17.3 Å². The summed E-state index contributed by atoms with van der Waals surface area (Å²) in [5, 5.41) is 2.81. The second-order valence-electron chi connectivity index (χ2n) is 4.96. The van der Waals surface area contributed by atoms with E-state index in [4.69, 9.17) is 9.15 Å². The molecule has 5 nitrogen and oxygen atoms in total. The van der Waals surface area contributed by atoms with Crippen LogP contribution in [0.1, 0.15) is 5.69 Å². The molecule has 1 N–H and O–H groups in total. The van der Waals surface area contributed by atoms with Crippen LogP contribution in [-0.2, 0) is 11.2 Å². The predicted octanol–water partition coefficient (Wildman–Crippen LogP) is 3.53. The van der Waals surface area contributed by atoms with E-state index >= 15 is 0 Å². The number of carbonyl (C=O) groups is 1. The van der Waals surface area contributed by atoms with Gasteiger partial charge in [0.25, 0.3) is 0 Å². The first kappa shape index (κ1) is 14.8. The van der Waals surface area contributed by atoms with Crippen LogP contribution < -0.4 is 10.1 Å². The lowest BCUT2D eigenvalue weighted by Gasteiger charge is -2.05. The number of methoxy groups -OCH3 is 1. The molecule has 0 fully saturated rings. The van der Waals surface area contributed by atoms with Gasteiger partial charge in [-0.2, -0.15) is 0 Å². The first-order valence-corrected chi connectivity index (χ1v) is 7.18. The van der Waals surface area contributed by atoms with Crippen molar-refractivity contribution in [3.05, 3.63) is 66.6 Å². The van der Waals surface area contributed by atoms with Gasteiger partial charge in [0, 0.05) is 11.3 Å². The fraction of sp³-hybridized carbons (Fsp3) is 0.111. The topological polar surface area (TPSA) is 64.4 Å². The molecular weight excluding hydrogens is 292 g/mol. The maximum atomic E-state index is 12.1. The van der Waals surface area contributed by atoms with Gasteiger partial charge in [-0.1, -0.05) is 18.2 Å². The number of aromatic nitrogens is 1. The number of hydrogen-bond donors (Lipinski definition) is 1. The van der Waals surface area contributed by atoms with Gasteiger partial charge >= 0.3 is 0 Å². The quantitative estimate of drug-likeness (QED) is 0.783. The second-order valence-corrected chi connectivity index (χ2v) is 4.96. The molecule has 0 aliphatic heterocycles. The van der Waals surface area contributed by atoms with Gasteiger partial charge in [-0.15, -0.1) is 0 Å². The number of nitrogens with one attached hydrogen (secondary N) is 1. The van der Waals surface area contributed by atoms with Crippen LogP contribution in [0.2, 0.25) is 0 Å². The molecular formula is C18H16N2O3. The lowest BCUT2D eigenvalue weighted by molar-refractivity contribution is -0.115. The Bertz CT molecular complexity index is 780. The molecule has 116 valence electrons. The highest BCUT2D eigenvalue weighted by Gasteiger charge is 2.10. The minimum absolute atomic E-state index is 0.150. The average Bonchev–Trinajstić information content (AvgIpc) is 3.04. The summed E-state index contributed by atoms with van der Waals surface area (Å²) in [6.45, 7) is 0. The third-order valence-corrected chi connectivity index (χ3v) is 3.29. The van der Waals surface area contributed by atoms with Crippen LogP contribution in [0.25, 0.3) is 11.5 Å². The van der Waals surface area contributed by atoms with Gasteiger partial charge in [-0.3, -0.25) is 4.79 Å². The van der Waals surface area contributed by atoms with Crippen molar-refractivity contribution in [3.63, 3.8) is 0 Å². The monoisotopic (exact) mass is 308 g/mol. The standard InChI is InChI=1S/C18H16N2O3/c1-22-16-9-7-14(8-10-16)19-17(21)11-15-12-23-18(20-15)13-5-3-2-4-6-13/h2-10,12H,11H2,1H3,(H,19,21). The Balaban J connectivity index is 1.63. The van der Waals surface area contributed by atoms with Crippen molar-refractivity contribution in [3.8, 4) is 17.2 Å². The summed E-state index contributed by atoms with van der Waals surface area (Å²) >= 11 is 0. The van der Waals surface area contributed by atoms with Crippen molar-refractivity contribution < 1.29 is 13.9 Å². The number of nitrogens with zero attached hydrogens (tertiary/aromatic N) is 1. The van der Waals surface area contributed by atoms with Crippen LogP contribution in [0.15, 0.2) is 65.3 Å². The maximum absolute atomic E-state index is 12.1. The molecule has 1 aromatic heterocycles. The lowest BCUT2D eigenvalue weighted by atomic mass is 10.2. The molecule has 3 aromatic rings. The van der Waals surface area contributed by atoms with Crippen molar-refractivity contribution >= 4 is 11.6 Å². The molecule has 0 unspecified atom stereocenters. The Morgan fingerprint density at radius 3 is 2.57 bits per heavy atom. The molecule has 23 heavy (non-hydrogen) atoms. The zero-order valence-electron chi connectivity index (χ0n) is 12.7. The van der Waals surface area contributed by atoms with Crippen LogP contribution in [0, 0.1) is 0 Å². The summed E-state index contributed by atoms with van der Waals surface area (Å²) in [6.07, 6.45) is 1.66. The SMILES string of the molecule is COc1ccc(NC(=O)Cc2coc(-c3ccccc3)n2)cc1. The van der Waals surface area contributed by atoms with Crippen molar-refractivity contribution in [1.82, 2.24) is 4.98 Å². The highest BCUT2D eigenvalue weighted by Crippen LogP contribution is 2.19. The predicted molar refractivity (Wildman–Crippen MR) is 87.3 cm³/mol. The number of anilines is 1. The molecule has 0 saturated carbocycles. The molecule has 0 radical (unpaired) electrons. The van der Waals surface area contributed by atoms with Crippen LogP contribution in [-0.4, -0.2) is 18.0 Å². The van der Waals surface area contributed by atoms with Gasteiger partial charge in [0.1, 0.15) is 12.0 Å². The molecule has 1 heterocycles. The van der Waals surface area contributed by atoms with E-state index in [1.165, 1.54) is 6.26 Å². The van der Waals surface area contributed by atoms with Gasteiger partial charge in [0.2, 0.25) is 11.8 Å². The normalized spacial score (nSPS) is 10.3. The lowest BCUT2D eigenvalue weighted by Crippen LogP contribution is -2.14. The highest BCUT2D eigenvalue weighted by atomic mass is 16.5. The highest BCUT2D eigenvalue weighted by molar-refractivity contribution is 5.92. The number of benzene rings is 2. The zero-order valence-corrected chi connectivity index (χ0v) is 12.7. The average molecular weight is 308 g/mol. The van der Waals surface area contributed by atoms with E-state index in [2.05, 4.69) is 10.3 Å². The number of hydrogen-bond acceptors (Lipinski definition) is 4. The van der Waals surface area contributed by atoms with Crippen LogP contribution >= 0.6 is 0 Å². The molecule has 3 rings (SSSR count). The van der Waals surface area contributed by atoms with E-state index in [-0.39, 0.29) is 12.3 Å². The summed E-state index contributed by atoms with van der Waals surface area (Å²) in [7, 11) is 1.60. The van der Waals surface area contributed by atoms with Crippen LogP contribution in [0.5, 0.6) is 5.75 Å². The second kappa shape index (κ2) is 6.79. The Hall–Kier alpha value is -3.08. The van der Waals surface area contributed by atoms with Crippen LogP contribution in [0.4, 0.5) is 5.69 Å². The molecule has 0 bridgehead atoms. The Kier molecular flexibility index (Phi) is 4.38. The third-order valence-electron chi connectivity index (χ3n) is 3.29. The number of rotatable bonds is 5. The number of oxazole rings is 1. The smallest absolute Gasteiger partial charge is 0.230 e. The largest absolute Gasteiger partial charge is 0.497 e. The van der Waals surface area contributed by atoms with Gasteiger partial charge in [-0.25, -0.2) is 4.98 Å². The fourth-order valence-corrected chi connectivity index (χ4v) is 2.15. The van der Waals surface area contributed by atoms with Crippen LogP contribution in [0.3, 0.4) is 0 Å². The van der Waals surface area contributed by atoms with Crippen molar-refractivity contribution in [2.45, 2.75) is 6.42 Å². The van der Waals surface area contributed by atoms with Gasteiger partial charge in [-0.05, 0) is 36.4 Å². The number of ether oxygens (including phenoxy) is 1. The first-order valence-electron chi connectivity index (χ1n) is 7.18. The fourth-order valence-electron chi connectivity index (χ4n) is 2.15. The van der Waals surface area contributed by atoms with Crippen molar-refractivity contribution in [2.24, 2.45) is 0 Å². The zero-order chi connectivity index (χ0) is 16.1. The van der Waals surface area contributed by atoms with E-state index < -0.39 is 0 Å². The number of amides is 1. The van der Waals surface area contributed by atoms with Crippen molar-refractivity contribution in [1.29, 1.82) is 0 Å². The van der Waals surface area contributed by atoms with E-state index in [1.54, 1.807) is 31.4 Å². The Morgan fingerprint density at radius 1 is 1.13 bits per heavy atom. The maximum Gasteiger partial charge on any atom is 0.230 e. The number of carbonyl (C=O) groups excluding carboxylic acids is 1. The molecule has 5 heteroatoms. The Labute approximate surface area is 133 Å². The minimum Gasteiger partial charge on any atom is -0.497 e. The molecule has 1 amide bonds. The van der Waals surface area contributed by atoms with E-state index in [9.17, 15) is 4.79 Å². The Morgan fingerprint density at radius 2 is 1.87 bits per heavy atom. The van der Waals surface area contributed by atoms with Crippen molar-refractivity contribution in [2.75, 3.05) is 12.4 Å². The molecule has 2 aromatic carbocycles. The summed E-state index contributed by atoms with van der Waals surface area (Å²) in [4.78, 5) is 16.4. The van der Waals surface area contributed by atoms with Gasteiger partial charge in [0.15, 0.2) is 0 Å².